The topological polar surface area (TPSA) is 78.7 Å². The third kappa shape index (κ3) is 5.54. The molecule has 2 amide bonds. The SMILES string of the molecule is CC(C)CN(C1CC1)C1CCN(C(=O)c2ccc(F)cc2)[C@@H](C(=O)NCCN)C1. The van der Waals surface area contributed by atoms with Crippen LogP contribution in [-0.4, -0.2) is 65.9 Å². The highest BCUT2D eigenvalue weighted by molar-refractivity contribution is 5.97. The Kier molecular flexibility index (Phi) is 7.24. The fourth-order valence-corrected chi connectivity index (χ4v) is 4.24. The second-order valence-electron chi connectivity index (χ2n) is 8.60. The molecule has 2 aliphatic rings. The quantitative estimate of drug-likeness (QED) is 0.695. The van der Waals surface area contributed by atoms with Gasteiger partial charge in [-0.25, -0.2) is 4.39 Å². The van der Waals surface area contributed by atoms with E-state index in [0.29, 0.717) is 43.6 Å². The lowest BCUT2D eigenvalue weighted by molar-refractivity contribution is -0.127. The molecule has 29 heavy (non-hydrogen) atoms. The summed E-state index contributed by atoms with van der Waals surface area (Å²) in [6.07, 6.45) is 3.89. The van der Waals surface area contributed by atoms with E-state index in [2.05, 4.69) is 24.1 Å². The van der Waals surface area contributed by atoms with Gasteiger partial charge >= 0.3 is 0 Å². The first-order valence-electron chi connectivity index (χ1n) is 10.7. The highest BCUT2D eigenvalue weighted by Crippen LogP contribution is 2.34. The monoisotopic (exact) mass is 404 g/mol. The molecule has 160 valence electrons. The number of likely N-dealkylation sites (tertiary alicyclic amines) is 1. The average molecular weight is 405 g/mol. The first-order valence-corrected chi connectivity index (χ1v) is 10.7. The Bertz CT molecular complexity index is 705. The van der Waals surface area contributed by atoms with Crippen LogP contribution >= 0.6 is 0 Å². The lowest BCUT2D eigenvalue weighted by Gasteiger charge is -2.43. The number of piperidine rings is 1. The molecule has 0 radical (unpaired) electrons. The molecule has 1 aromatic carbocycles. The summed E-state index contributed by atoms with van der Waals surface area (Å²) >= 11 is 0. The zero-order valence-corrected chi connectivity index (χ0v) is 17.4. The van der Waals surface area contributed by atoms with Gasteiger partial charge in [0.25, 0.3) is 5.91 Å². The van der Waals surface area contributed by atoms with Crippen molar-refractivity contribution in [2.75, 3.05) is 26.2 Å². The molecule has 0 bridgehead atoms. The number of nitrogens with zero attached hydrogens (tertiary/aromatic N) is 2. The first-order chi connectivity index (χ1) is 13.9. The van der Waals surface area contributed by atoms with E-state index < -0.39 is 6.04 Å². The number of amides is 2. The third-order valence-electron chi connectivity index (χ3n) is 5.73. The van der Waals surface area contributed by atoms with Crippen molar-refractivity contribution >= 4 is 11.8 Å². The van der Waals surface area contributed by atoms with Gasteiger partial charge in [0.1, 0.15) is 11.9 Å². The van der Waals surface area contributed by atoms with Crippen LogP contribution in [0.25, 0.3) is 0 Å². The van der Waals surface area contributed by atoms with Crippen molar-refractivity contribution in [2.24, 2.45) is 11.7 Å². The van der Waals surface area contributed by atoms with Crippen molar-refractivity contribution in [3.8, 4) is 0 Å². The molecule has 1 unspecified atom stereocenters. The number of carbonyl (C=O) groups is 2. The summed E-state index contributed by atoms with van der Waals surface area (Å²) in [5.41, 5.74) is 5.95. The van der Waals surface area contributed by atoms with Gasteiger partial charge in [-0.1, -0.05) is 13.8 Å². The Labute approximate surface area is 172 Å². The van der Waals surface area contributed by atoms with Crippen LogP contribution in [-0.2, 0) is 4.79 Å². The highest BCUT2D eigenvalue weighted by Gasteiger charge is 2.42. The molecule has 2 fully saturated rings. The standard InChI is InChI=1S/C22H33FN4O2/c1-15(2)14-27(18-7-8-18)19-9-12-26(20(13-19)21(28)25-11-10-24)22(29)16-3-5-17(23)6-4-16/h3-6,15,18-20H,7-14,24H2,1-2H3,(H,25,28)/t19?,20-/m1/s1. The minimum Gasteiger partial charge on any atom is -0.353 e. The molecule has 3 rings (SSSR count). The lowest BCUT2D eigenvalue weighted by atomic mass is 9.93. The smallest absolute Gasteiger partial charge is 0.254 e. The Balaban J connectivity index is 1.78. The molecule has 1 aliphatic heterocycles. The molecule has 1 heterocycles. The van der Waals surface area contributed by atoms with Gasteiger partial charge in [-0.3, -0.25) is 14.5 Å². The molecule has 1 saturated carbocycles. The van der Waals surface area contributed by atoms with Crippen LogP contribution in [0, 0.1) is 11.7 Å². The van der Waals surface area contributed by atoms with Gasteiger partial charge in [0.05, 0.1) is 0 Å². The number of hydrogen-bond acceptors (Lipinski definition) is 4. The number of halogens is 1. The maximum atomic E-state index is 13.3. The van der Waals surface area contributed by atoms with E-state index in [0.717, 1.165) is 13.0 Å². The Hall–Kier alpha value is -1.99. The van der Waals surface area contributed by atoms with Crippen molar-refractivity contribution in [3.05, 3.63) is 35.6 Å². The largest absolute Gasteiger partial charge is 0.353 e. The van der Waals surface area contributed by atoms with E-state index in [1.165, 1.54) is 37.1 Å². The van der Waals surface area contributed by atoms with Gasteiger partial charge in [-0.05, 0) is 55.9 Å². The highest BCUT2D eigenvalue weighted by atomic mass is 19.1. The lowest BCUT2D eigenvalue weighted by Crippen LogP contribution is -2.58. The summed E-state index contributed by atoms with van der Waals surface area (Å²) < 4.78 is 13.3. The fraction of sp³-hybridized carbons (Fsp3) is 0.636. The van der Waals surface area contributed by atoms with Crippen LogP contribution in [0.2, 0.25) is 0 Å². The van der Waals surface area contributed by atoms with Crippen LogP contribution < -0.4 is 11.1 Å². The minimum absolute atomic E-state index is 0.157. The molecule has 3 N–H and O–H groups in total. The van der Waals surface area contributed by atoms with Crippen LogP contribution in [0.5, 0.6) is 0 Å². The second kappa shape index (κ2) is 9.67. The molecule has 2 atom stereocenters. The Morgan fingerprint density at radius 2 is 1.90 bits per heavy atom. The summed E-state index contributed by atoms with van der Waals surface area (Å²) in [5, 5.41) is 2.86. The van der Waals surface area contributed by atoms with Crippen LogP contribution in [0.4, 0.5) is 4.39 Å². The molecular weight excluding hydrogens is 371 g/mol. The van der Waals surface area contributed by atoms with Crippen LogP contribution in [0.15, 0.2) is 24.3 Å². The number of nitrogens with one attached hydrogen (secondary N) is 1. The summed E-state index contributed by atoms with van der Waals surface area (Å²) in [6, 6.07) is 5.88. The minimum atomic E-state index is -0.536. The van der Waals surface area contributed by atoms with Crippen LogP contribution in [0.1, 0.15) is 49.9 Å². The molecule has 6 nitrogen and oxygen atoms in total. The van der Waals surface area contributed by atoms with Crippen molar-refractivity contribution in [1.29, 1.82) is 0 Å². The molecule has 0 aromatic heterocycles. The van der Waals surface area contributed by atoms with E-state index >= 15 is 0 Å². The van der Waals surface area contributed by atoms with Crippen molar-refractivity contribution in [2.45, 2.75) is 57.7 Å². The predicted octanol–water partition coefficient (Wildman–Crippen LogP) is 1.99. The van der Waals surface area contributed by atoms with Gasteiger partial charge in [0, 0.05) is 43.8 Å². The molecule has 1 aliphatic carbocycles. The second-order valence-corrected chi connectivity index (χ2v) is 8.60. The summed E-state index contributed by atoms with van der Waals surface area (Å²) in [5.74, 6) is -0.209. The van der Waals surface area contributed by atoms with Crippen molar-refractivity contribution in [1.82, 2.24) is 15.1 Å². The van der Waals surface area contributed by atoms with Gasteiger partial charge < -0.3 is 16.0 Å². The number of hydrogen-bond donors (Lipinski definition) is 2. The molecule has 1 aromatic rings. The number of benzene rings is 1. The van der Waals surface area contributed by atoms with E-state index in [1.807, 2.05) is 0 Å². The van der Waals surface area contributed by atoms with Gasteiger partial charge in [0.2, 0.25) is 5.91 Å². The normalized spacial score (nSPS) is 22.2. The van der Waals surface area contributed by atoms with E-state index in [1.54, 1.807) is 4.90 Å². The predicted molar refractivity (Wildman–Crippen MR) is 111 cm³/mol. The summed E-state index contributed by atoms with van der Waals surface area (Å²) in [4.78, 5) is 30.2. The number of nitrogens with two attached hydrogens (primary N) is 1. The average Bonchev–Trinajstić information content (AvgIpc) is 3.55. The third-order valence-corrected chi connectivity index (χ3v) is 5.73. The van der Waals surface area contributed by atoms with Crippen LogP contribution in [0.3, 0.4) is 0 Å². The number of carbonyl (C=O) groups excluding carboxylic acids is 2. The zero-order valence-electron chi connectivity index (χ0n) is 17.4. The molecule has 7 heteroatoms. The van der Waals surface area contributed by atoms with Crippen molar-refractivity contribution in [3.63, 3.8) is 0 Å². The Morgan fingerprint density at radius 3 is 2.48 bits per heavy atom. The number of rotatable bonds is 8. The zero-order chi connectivity index (χ0) is 21.0. The van der Waals surface area contributed by atoms with Gasteiger partial charge in [0.15, 0.2) is 0 Å². The molecule has 0 spiro atoms. The van der Waals surface area contributed by atoms with Gasteiger partial charge in [-0.2, -0.15) is 0 Å². The van der Waals surface area contributed by atoms with E-state index in [-0.39, 0.29) is 23.7 Å². The molecule has 1 saturated heterocycles. The first kappa shape index (κ1) is 21.7. The summed E-state index contributed by atoms with van der Waals surface area (Å²) in [7, 11) is 0. The van der Waals surface area contributed by atoms with E-state index in [9.17, 15) is 14.0 Å². The van der Waals surface area contributed by atoms with Gasteiger partial charge in [-0.15, -0.1) is 0 Å². The Morgan fingerprint density at radius 1 is 1.21 bits per heavy atom. The van der Waals surface area contributed by atoms with Crippen molar-refractivity contribution < 1.29 is 14.0 Å². The maximum Gasteiger partial charge on any atom is 0.254 e. The van der Waals surface area contributed by atoms with E-state index in [4.69, 9.17) is 5.73 Å². The summed E-state index contributed by atoms with van der Waals surface area (Å²) in [6.45, 7) is 6.70. The molecular formula is C22H33FN4O2. The fourth-order valence-electron chi connectivity index (χ4n) is 4.24. The maximum absolute atomic E-state index is 13.3.